The maximum atomic E-state index is 11.6. The van der Waals surface area contributed by atoms with E-state index in [9.17, 15) is 9.59 Å². The average molecular weight is 235 g/mol. The van der Waals surface area contributed by atoms with Crippen molar-refractivity contribution in [1.29, 1.82) is 0 Å². The van der Waals surface area contributed by atoms with Gasteiger partial charge >= 0.3 is 12.4 Å². The van der Waals surface area contributed by atoms with Crippen molar-refractivity contribution in [2.24, 2.45) is 0 Å². The summed E-state index contributed by atoms with van der Waals surface area (Å²) in [6.07, 6.45) is 2.24. The fourth-order valence-corrected chi connectivity index (χ4v) is 1.99. The Morgan fingerprint density at radius 2 is 1.94 bits per heavy atom. The van der Waals surface area contributed by atoms with E-state index in [0.29, 0.717) is 5.56 Å². The third-order valence-corrected chi connectivity index (χ3v) is 2.73. The van der Waals surface area contributed by atoms with Crippen molar-refractivity contribution in [3.8, 4) is 0 Å². The molecule has 1 saturated heterocycles. The highest BCUT2D eigenvalue weighted by Gasteiger charge is 2.20. The second-order valence-corrected chi connectivity index (χ2v) is 3.77. The molecule has 1 heterocycles. The maximum Gasteiger partial charge on any atom is 0.388 e. The fourth-order valence-electron chi connectivity index (χ4n) is 1.99. The van der Waals surface area contributed by atoms with Gasteiger partial charge in [-0.15, -0.1) is 0 Å². The first-order valence-electron chi connectivity index (χ1n) is 5.48. The smallest absolute Gasteiger partial charge is 0.371 e. The minimum Gasteiger partial charge on any atom is -0.371 e. The summed E-state index contributed by atoms with van der Waals surface area (Å²) >= 11 is 0. The summed E-state index contributed by atoms with van der Waals surface area (Å²) in [7, 11) is 0. The normalized spacial score (nSPS) is 14.5. The van der Waals surface area contributed by atoms with E-state index in [0.717, 1.165) is 31.6 Å². The van der Waals surface area contributed by atoms with Gasteiger partial charge in [0, 0.05) is 13.1 Å². The van der Waals surface area contributed by atoms with Crippen molar-refractivity contribution in [2.45, 2.75) is 12.8 Å². The van der Waals surface area contributed by atoms with Crippen LogP contribution >= 0.6 is 0 Å². The molecule has 0 unspecified atom stereocenters. The first kappa shape index (κ1) is 11.4. The molecule has 0 spiro atoms. The third-order valence-electron chi connectivity index (χ3n) is 2.73. The van der Waals surface area contributed by atoms with E-state index in [1.165, 1.54) is 0 Å². The van der Waals surface area contributed by atoms with Crippen LogP contribution in [0.15, 0.2) is 24.3 Å². The molecule has 0 amide bonds. The van der Waals surface area contributed by atoms with E-state index in [4.69, 9.17) is 0 Å². The predicted octanol–water partition coefficient (Wildman–Crippen LogP) is 1.53. The molecule has 90 valence electrons. The summed E-state index contributed by atoms with van der Waals surface area (Å²) in [6.45, 7) is 1.94. The van der Waals surface area contributed by atoms with E-state index in [-0.39, 0.29) is 6.47 Å². The first-order valence-corrected chi connectivity index (χ1v) is 5.48. The molecule has 2 rings (SSSR count). The lowest BCUT2D eigenvalue weighted by Crippen LogP contribution is -2.21. The van der Waals surface area contributed by atoms with Crippen LogP contribution in [0, 0.1) is 0 Å². The Hall–Kier alpha value is -2.04. The Balaban J connectivity index is 2.20. The lowest BCUT2D eigenvalue weighted by Gasteiger charge is -2.19. The van der Waals surface area contributed by atoms with Crippen LogP contribution in [-0.2, 0) is 14.6 Å². The number of anilines is 1. The van der Waals surface area contributed by atoms with E-state index >= 15 is 0 Å². The molecular weight excluding hydrogens is 222 g/mol. The highest BCUT2D eigenvalue weighted by Crippen LogP contribution is 2.24. The third kappa shape index (κ3) is 2.55. The van der Waals surface area contributed by atoms with Crippen LogP contribution in [0.3, 0.4) is 0 Å². The van der Waals surface area contributed by atoms with Gasteiger partial charge in [-0.2, -0.15) is 0 Å². The van der Waals surface area contributed by atoms with Gasteiger partial charge in [0.05, 0.1) is 11.3 Å². The molecule has 0 aliphatic carbocycles. The van der Waals surface area contributed by atoms with Gasteiger partial charge in [0.1, 0.15) is 0 Å². The van der Waals surface area contributed by atoms with E-state index < -0.39 is 5.97 Å². The summed E-state index contributed by atoms with van der Waals surface area (Å²) in [5.74, 6) is -0.653. The number of para-hydroxylation sites is 1. The van der Waals surface area contributed by atoms with Crippen LogP contribution < -0.4 is 4.90 Å². The highest BCUT2D eigenvalue weighted by atomic mass is 17.2. The van der Waals surface area contributed by atoms with E-state index in [1.54, 1.807) is 12.1 Å². The molecule has 0 N–H and O–H groups in total. The van der Waals surface area contributed by atoms with Crippen molar-refractivity contribution >= 4 is 18.1 Å². The van der Waals surface area contributed by atoms with Crippen LogP contribution in [-0.4, -0.2) is 25.5 Å². The average Bonchev–Trinajstić information content (AvgIpc) is 2.89. The van der Waals surface area contributed by atoms with Crippen LogP contribution in [0.25, 0.3) is 0 Å². The standard InChI is InChI=1S/C12H13NO4/c14-9-16-17-12(15)10-5-1-2-6-11(10)13-7-3-4-8-13/h1-2,5-6,9H,3-4,7-8H2. The zero-order valence-electron chi connectivity index (χ0n) is 9.30. The van der Waals surface area contributed by atoms with Crippen molar-refractivity contribution in [1.82, 2.24) is 0 Å². The lowest BCUT2D eigenvalue weighted by atomic mass is 10.1. The van der Waals surface area contributed by atoms with Crippen molar-refractivity contribution in [2.75, 3.05) is 18.0 Å². The summed E-state index contributed by atoms with van der Waals surface area (Å²) < 4.78 is 0. The van der Waals surface area contributed by atoms with Crippen molar-refractivity contribution in [3.63, 3.8) is 0 Å². The van der Waals surface area contributed by atoms with Crippen LogP contribution in [0.4, 0.5) is 5.69 Å². The number of benzene rings is 1. The van der Waals surface area contributed by atoms with Gasteiger partial charge in [-0.1, -0.05) is 12.1 Å². The molecule has 1 aliphatic heterocycles. The van der Waals surface area contributed by atoms with Crippen molar-refractivity contribution < 1.29 is 19.4 Å². The minimum absolute atomic E-state index is 0.0797. The van der Waals surface area contributed by atoms with Gasteiger partial charge in [-0.05, 0) is 25.0 Å². The van der Waals surface area contributed by atoms with Crippen LogP contribution in [0.5, 0.6) is 0 Å². The summed E-state index contributed by atoms with van der Waals surface area (Å²) in [4.78, 5) is 32.1. The van der Waals surface area contributed by atoms with Gasteiger partial charge in [-0.3, -0.25) is 9.68 Å². The molecule has 0 saturated carbocycles. The van der Waals surface area contributed by atoms with E-state index in [2.05, 4.69) is 14.7 Å². The summed E-state index contributed by atoms with van der Waals surface area (Å²) in [6, 6.07) is 7.13. The quantitative estimate of drug-likeness (QED) is 0.450. The molecule has 0 aromatic heterocycles. The SMILES string of the molecule is O=COOC(=O)c1ccccc1N1CCCC1. The van der Waals surface area contributed by atoms with Gasteiger partial charge in [0.15, 0.2) is 0 Å². The fraction of sp³-hybridized carbons (Fsp3) is 0.333. The van der Waals surface area contributed by atoms with E-state index in [1.807, 2.05) is 12.1 Å². The molecule has 1 aliphatic rings. The minimum atomic E-state index is -0.653. The zero-order valence-corrected chi connectivity index (χ0v) is 9.30. The summed E-state index contributed by atoms with van der Waals surface area (Å²) in [5, 5.41) is 0. The Morgan fingerprint density at radius 1 is 1.24 bits per heavy atom. The molecule has 5 nitrogen and oxygen atoms in total. The molecule has 5 heteroatoms. The number of carbonyl (C=O) groups is 2. The maximum absolute atomic E-state index is 11.6. The first-order chi connectivity index (χ1) is 8.33. The Bertz CT molecular complexity index is 413. The largest absolute Gasteiger partial charge is 0.388 e. The number of carbonyl (C=O) groups excluding carboxylic acids is 2. The Kier molecular flexibility index (Phi) is 3.59. The zero-order chi connectivity index (χ0) is 12.1. The van der Waals surface area contributed by atoms with Crippen LogP contribution in [0.1, 0.15) is 23.2 Å². The molecule has 0 bridgehead atoms. The summed E-state index contributed by atoms with van der Waals surface area (Å²) in [5.41, 5.74) is 1.24. The van der Waals surface area contributed by atoms with Crippen LogP contribution in [0.2, 0.25) is 0 Å². The molecule has 1 aromatic rings. The molecule has 0 atom stereocenters. The Morgan fingerprint density at radius 3 is 2.65 bits per heavy atom. The van der Waals surface area contributed by atoms with Crippen molar-refractivity contribution in [3.05, 3.63) is 29.8 Å². The molecular formula is C12H13NO4. The van der Waals surface area contributed by atoms with Gasteiger partial charge < -0.3 is 4.90 Å². The van der Waals surface area contributed by atoms with Gasteiger partial charge in [0.2, 0.25) is 0 Å². The molecule has 1 fully saturated rings. The number of hydrogen-bond acceptors (Lipinski definition) is 5. The second-order valence-electron chi connectivity index (χ2n) is 3.77. The lowest BCUT2D eigenvalue weighted by molar-refractivity contribution is -0.218. The van der Waals surface area contributed by atoms with Gasteiger partial charge in [-0.25, -0.2) is 9.68 Å². The molecule has 1 aromatic carbocycles. The number of rotatable bonds is 4. The highest BCUT2D eigenvalue weighted by molar-refractivity contribution is 5.95. The molecule has 0 radical (unpaired) electrons. The Labute approximate surface area is 98.9 Å². The number of hydrogen-bond donors (Lipinski definition) is 0. The second kappa shape index (κ2) is 5.34. The topological polar surface area (TPSA) is 55.8 Å². The number of nitrogens with zero attached hydrogens (tertiary/aromatic N) is 1. The monoisotopic (exact) mass is 235 g/mol. The molecule has 17 heavy (non-hydrogen) atoms. The van der Waals surface area contributed by atoms with Gasteiger partial charge in [0.25, 0.3) is 0 Å². The predicted molar refractivity (Wildman–Crippen MR) is 60.5 cm³/mol.